The number of primary amides is 1. The van der Waals surface area contributed by atoms with Crippen molar-refractivity contribution in [1.29, 1.82) is 0 Å². The van der Waals surface area contributed by atoms with E-state index in [-0.39, 0.29) is 30.4 Å². The van der Waals surface area contributed by atoms with Crippen LogP contribution >= 0.6 is 0 Å². The van der Waals surface area contributed by atoms with E-state index in [0.29, 0.717) is 6.42 Å². The molecule has 0 saturated heterocycles. The van der Waals surface area contributed by atoms with Crippen molar-refractivity contribution in [1.82, 2.24) is 0 Å². The zero-order valence-electron chi connectivity index (χ0n) is 15.5. The van der Waals surface area contributed by atoms with Gasteiger partial charge in [0.15, 0.2) is 6.61 Å². The Morgan fingerprint density at radius 3 is 2.74 bits per heavy atom. The summed E-state index contributed by atoms with van der Waals surface area (Å²) < 4.78 is 5.80. The lowest BCUT2D eigenvalue weighted by molar-refractivity contribution is -0.122. The highest BCUT2D eigenvalue weighted by atomic mass is 16.5. The molecule has 27 heavy (non-hydrogen) atoms. The first-order valence-electron chi connectivity index (χ1n) is 9.49. The average molecular weight is 364 g/mol. The van der Waals surface area contributed by atoms with Gasteiger partial charge in [0.2, 0.25) is 5.91 Å². The van der Waals surface area contributed by atoms with E-state index in [0.717, 1.165) is 29.8 Å². The molecule has 2 aromatic carbocycles. The monoisotopic (exact) mass is 364 g/mol. The predicted molar refractivity (Wildman–Crippen MR) is 104 cm³/mol. The second-order valence-corrected chi connectivity index (χ2v) is 7.43. The second kappa shape index (κ2) is 7.06. The number of rotatable bonds is 4. The average Bonchev–Trinajstić information content (AvgIpc) is 3.13. The van der Waals surface area contributed by atoms with Gasteiger partial charge in [0.25, 0.3) is 5.91 Å². The fourth-order valence-electron chi connectivity index (χ4n) is 4.31. The van der Waals surface area contributed by atoms with E-state index in [9.17, 15) is 9.59 Å². The molecule has 0 aromatic heterocycles. The van der Waals surface area contributed by atoms with Crippen molar-refractivity contribution in [2.45, 2.75) is 44.6 Å². The summed E-state index contributed by atoms with van der Waals surface area (Å²) in [5.74, 6) is -0.0935. The van der Waals surface area contributed by atoms with Crippen molar-refractivity contribution >= 4 is 17.5 Å². The van der Waals surface area contributed by atoms with E-state index >= 15 is 0 Å². The number of carbonyl (C=O) groups excluding carboxylic acids is 2. The quantitative estimate of drug-likeness (QED) is 0.906. The van der Waals surface area contributed by atoms with Crippen molar-refractivity contribution < 1.29 is 14.3 Å². The summed E-state index contributed by atoms with van der Waals surface area (Å²) in [6.45, 7) is 1.91. The Hall–Kier alpha value is -2.82. The van der Waals surface area contributed by atoms with Crippen LogP contribution < -0.4 is 15.4 Å². The highest BCUT2D eigenvalue weighted by Gasteiger charge is 2.36. The summed E-state index contributed by atoms with van der Waals surface area (Å²) in [5, 5.41) is 0. The minimum absolute atomic E-state index is 0.0291. The Morgan fingerprint density at radius 1 is 1.15 bits per heavy atom. The van der Waals surface area contributed by atoms with Crippen LogP contribution in [0, 0.1) is 0 Å². The third kappa shape index (κ3) is 3.29. The molecule has 2 unspecified atom stereocenters. The predicted octanol–water partition coefficient (Wildman–Crippen LogP) is 2.95. The molecule has 140 valence electrons. The molecule has 0 radical (unpaired) electrons. The molecule has 0 fully saturated rings. The van der Waals surface area contributed by atoms with E-state index in [1.54, 1.807) is 4.90 Å². The molecule has 1 heterocycles. The first kappa shape index (κ1) is 17.6. The molecule has 2 aromatic rings. The van der Waals surface area contributed by atoms with Crippen LogP contribution in [-0.4, -0.2) is 24.5 Å². The van der Waals surface area contributed by atoms with Gasteiger partial charge in [-0.25, -0.2) is 0 Å². The Balaban J connectivity index is 1.52. The van der Waals surface area contributed by atoms with Crippen molar-refractivity contribution in [3.63, 3.8) is 0 Å². The number of amides is 2. The van der Waals surface area contributed by atoms with Gasteiger partial charge in [-0.05, 0) is 67.5 Å². The number of benzene rings is 2. The van der Waals surface area contributed by atoms with E-state index in [1.165, 1.54) is 17.5 Å². The third-order valence-electron chi connectivity index (χ3n) is 5.63. The molecular weight excluding hydrogens is 340 g/mol. The number of hydrogen-bond acceptors (Lipinski definition) is 3. The van der Waals surface area contributed by atoms with Crippen LogP contribution in [0.4, 0.5) is 5.69 Å². The topological polar surface area (TPSA) is 72.6 Å². The van der Waals surface area contributed by atoms with Crippen LogP contribution in [0.25, 0.3) is 0 Å². The molecule has 2 atom stereocenters. The van der Waals surface area contributed by atoms with Crippen LogP contribution in [0.3, 0.4) is 0 Å². The highest BCUT2D eigenvalue weighted by molar-refractivity contribution is 5.98. The zero-order valence-corrected chi connectivity index (χ0v) is 15.5. The number of nitrogens with two attached hydrogens (primary N) is 1. The first-order valence-corrected chi connectivity index (χ1v) is 9.49. The number of hydrogen-bond donors (Lipinski definition) is 1. The van der Waals surface area contributed by atoms with Gasteiger partial charge in [-0.2, -0.15) is 0 Å². The van der Waals surface area contributed by atoms with Crippen LogP contribution in [-0.2, 0) is 22.4 Å². The normalized spacial score (nSPS) is 20.7. The Bertz CT molecular complexity index is 893. The lowest BCUT2D eigenvalue weighted by Crippen LogP contribution is -2.47. The fourth-order valence-corrected chi connectivity index (χ4v) is 4.31. The standard InChI is InChI=1S/C22H24N2O3/c1-14-11-19(22(23)26)18-7-2-3-8-20(18)24(14)21(25)13-27-17-10-9-15-5-4-6-16(15)12-17/h2-3,7-10,12,14,19H,4-6,11,13H2,1H3,(H2,23,26). The van der Waals surface area contributed by atoms with Crippen LogP contribution in [0.1, 0.15) is 42.4 Å². The largest absolute Gasteiger partial charge is 0.484 e. The third-order valence-corrected chi connectivity index (χ3v) is 5.63. The number of nitrogens with zero attached hydrogens (tertiary/aromatic N) is 1. The molecule has 2 amide bonds. The van der Waals surface area contributed by atoms with Gasteiger partial charge >= 0.3 is 0 Å². The minimum atomic E-state index is -0.363. The zero-order chi connectivity index (χ0) is 19.0. The maximum Gasteiger partial charge on any atom is 0.265 e. The van der Waals surface area contributed by atoms with Crippen LogP contribution in [0.2, 0.25) is 0 Å². The Kier molecular flexibility index (Phi) is 4.60. The summed E-state index contributed by atoms with van der Waals surface area (Å²) in [6.07, 6.45) is 3.90. The summed E-state index contributed by atoms with van der Waals surface area (Å²) in [4.78, 5) is 26.5. The number of fused-ring (bicyclic) bond motifs is 2. The van der Waals surface area contributed by atoms with E-state index in [2.05, 4.69) is 6.07 Å². The van der Waals surface area contributed by atoms with Gasteiger partial charge in [-0.1, -0.05) is 24.3 Å². The summed E-state index contributed by atoms with van der Waals surface area (Å²) >= 11 is 0. The lowest BCUT2D eigenvalue weighted by atomic mass is 9.85. The van der Waals surface area contributed by atoms with Gasteiger partial charge in [0.05, 0.1) is 5.92 Å². The molecule has 2 N–H and O–H groups in total. The molecule has 0 saturated carbocycles. The van der Waals surface area contributed by atoms with Gasteiger partial charge in [0.1, 0.15) is 5.75 Å². The van der Waals surface area contributed by atoms with Crippen LogP contribution in [0.15, 0.2) is 42.5 Å². The van der Waals surface area contributed by atoms with Crippen molar-refractivity contribution in [3.05, 3.63) is 59.2 Å². The van der Waals surface area contributed by atoms with E-state index in [4.69, 9.17) is 10.5 Å². The number of carbonyl (C=O) groups is 2. The molecule has 0 spiro atoms. The fraction of sp³-hybridized carbons (Fsp3) is 0.364. The molecular formula is C22H24N2O3. The lowest BCUT2D eigenvalue weighted by Gasteiger charge is -2.38. The maximum atomic E-state index is 12.9. The van der Waals surface area contributed by atoms with Gasteiger partial charge in [-0.3, -0.25) is 9.59 Å². The minimum Gasteiger partial charge on any atom is -0.484 e. The Labute approximate surface area is 159 Å². The van der Waals surface area contributed by atoms with Gasteiger partial charge < -0.3 is 15.4 Å². The summed E-state index contributed by atoms with van der Waals surface area (Å²) in [7, 11) is 0. The molecule has 1 aliphatic carbocycles. The summed E-state index contributed by atoms with van der Waals surface area (Å²) in [6, 6.07) is 13.4. The smallest absolute Gasteiger partial charge is 0.265 e. The Morgan fingerprint density at radius 2 is 1.93 bits per heavy atom. The number of ether oxygens (including phenoxy) is 1. The van der Waals surface area contributed by atoms with Crippen molar-refractivity contribution in [2.24, 2.45) is 5.73 Å². The molecule has 4 rings (SSSR count). The number of aryl methyl sites for hydroxylation is 2. The molecule has 0 bridgehead atoms. The van der Waals surface area contributed by atoms with Crippen LogP contribution in [0.5, 0.6) is 5.75 Å². The van der Waals surface area contributed by atoms with E-state index < -0.39 is 0 Å². The SMILES string of the molecule is CC1CC(C(N)=O)c2ccccc2N1C(=O)COc1ccc2c(c1)CCC2. The molecule has 2 aliphatic rings. The van der Waals surface area contributed by atoms with Gasteiger partial charge in [0, 0.05) is 11.7 Å². The van der Waals surface area contributed by atoms with E-state index in [1.807, 2.05) is 43.3 Å². The number of para-hydroxylation sites is 1. The summed E-state index contributed by atoms with van der Waals surface area (Å²) in [5.41, 5.74) is 9.84. The second-order valence-electron chi connectivity index (χ2n) is 7.43. The molecule has 5 nitrogen and oxygen atoms in total. The number of anilines is 1. The van der Waals surface area contributed by atoms with Crippen molar-refractivity contribution in [2.75, 3.05) is 11.5 Å². The molecule has 1 aliphatic heterocycles. The van der Waals surface area contributed by atoms with Gasteiger partial charge in [-0.15, -0.1) is 0 Å². The molecule has 5 heteroatoms. The first-order chi connectivity index (χ1) is 13.0. The maximum absolute atomic E-state index is 12.9. The highest BCUT2D eigenvalue weighted by Crippen LogP contribution is 2.38. The van der Waals surface area contributed by atoms with Crippen molar-refractivity contribution in [3.8, 4) is 5.75 Å².